The monoisotopic (exact) mass is 360 g/mol. The van der Waals surface area contributed by atoms with Crippen molar-refractivity contribution in [3.8, 4) is 11.4 Å². The van der Waals surface area contributed by atoms with E-state index in [2.05, 4.69) is 10.3 Å². The van der Waals surface area contributed by atoms with E-state index in [9.17, 15) is 4.79 Å². The van der Waals surface area contributed by atoms with Crippen molar-refractivity contribution in [2.45, 2.75) is 20.4 Å². The topological polar surface area (TPSA) is 86.1 Å². The van der Waals surface area contributed by atoms with Gasteiger partial charge in [0.15, 0.2) is 0 Å². The summed E-state index contributed by atoms with van der Waals surface area (Å²) in [4.78, 5) is 17.5. The number of nitrogens with one attached hydrogen (secondary N) is 1. The minimum atomic E-state index is -0.126. The Balaban J connectivity index is 1.73. The number of aryl methyl sites for hydroxylation is 2. The van der Waals surface area contributed by atoms with E-state index in [0.29, 0.717) is 17.1 Å². The van der Waals surface area contributed by atoms with Crippen LogP contribution in [0.1, 0.15) is 11.1 Å². The van der Waals surface area contributed by atoms with Gasteiger partial charge >= 0.3 is 0 Å². The lowest BCUT2D eigenvalue weighted by Gasteiger charge is -2.13. The zero-order valence-corrected chi connectivity index (χ0v) is 15.2. The fourth-order valence-corrected chi connectivity index (χ4v) is 3.26. The van der Waals surface area contributed by atoms with Crippen molar-refractivity contribution in [3.63, 3.8) is 0 Å². The molecule has 4 aromatic rings. The fourth-order valence-electron chi connectivity index (χ4n) is 3.26. The number of anilines is 2. The average molecular weight is 360 g/mol. The van der Waals surface area contributed by atoms with Gasteiger partial charge in [-0.1, -0.05) is 30.3 Å². The van der Waals surface area contributed by atoms with Crippen LogP contribution in [-0.2, 0) is 11.3 Å². The Hall–Kier alpha value is -3.54. The molecular weight excluding hydrogens is 340 g/mol. The SMILES string of the molecule is Cc1cccc(C)c1NC(=O)Cn1c(-c2cocc2N)nc2ccccc21. The van der Waals surface area contributed by atoms with Crippen LogP contribution in [0.25, 0.3) is 22.4 Å². The number of para-hydroxylation sites is 3. The number of carbonyl (C=O) groups is 1. The number of carbonyl (C=O) groups excluding carboxylic acids is 1. The van der Waals surface area contributed by atoms with Crippen LogP contribution in [0, 0.1) is 13.8 Å². The van der Waals surface area contributed by atoms with Crippen molar-refractivity contribution in [1.29, 1.82) is 0 Å². The number of nitrogens with two attached hydrogens (primary N) is 1. The largest absolute Gasteiger partial charge is 0.470 e. The van der Waals surface area contributed by atoms with Gasteiger partial charge in [-0.2, -0.15) is 0 Å². The smallest absolute Gasteiger partial charge is 0.244 e. The number of hydrogen-bond donors (Lipinski definition) is 2. The first kappa shape index (κ1) is 16.9. The molecule has 1 amide bonds. The molecule has 0 spiro atoms. The molecule has 0 atom stereocenters. The molecule has 0 saturated heterocycles. The molecular formula is C21H20N4O2. The molecule has 27 heavy (non-hydrogen) atoms. The number of hydrogen-bond acceptors (Lipinski definition) is 4. The van der Waals surface area contributed by atoms with Crippen molar-refractivity contribution in [2.24, 2.45) is 0 Å². The van der Waals surface area contributed by atoms with Crippen LogP contribution in [-0.4, -0.2) is 15.5 Å². The summed E-state index contributed by atoms with van der Waals surface area (Å²) in [6.07, 6.45) is 3.02. The van der Waals surface area contributed by atoms with Crippen molar-refractivity contribution < 1.29 is 9.21 Å². The molecule has 2 aromatic heterocycles. The van der Waals surface area contributed by atoms with Gasteiger partial charge in [0.25, 0.3) is 0 Å². The van der Waals surface area contributed by atoms with Crippen LogP contribution >= 0.6 is 0 Å². The summed E-state index contributed by atoms with van der Waals surface area (Å²) in [5.41, 5.74) is 11.7. The van der Waals surface area contributed by atoms with Gasteiger partial charge in [0.1, 0.15) is 24.9 Å². The molecule has 2 heterocycles. The molecule has 2 aromatic carbocycles. The normalized spacial score (nSPS) is 11.0. The van der Waals surface area contributed by atoms with Crippen LogP contribution in [0.2, 0.25) is 0 Å². The number of fused-ring (bicyclic) bond motifs is 1. The predicted octanol–water partition coefficient (Wildman–Crippen LogP) is 4.13. The van der Waals surface area contributed by atoms with Gasteiger partial charge in [0.05, 0.1) is 22.3 Å². The number of benzene rings is 2. The Morgan fingerprint density at radius 3 is 2.56 bits per heavy atom. The maximum atomic E-state index is 12.8. The highest BCUT2D eigenvalue weighted by atomic mass is 16.3. The van der Waals surface area contributed by atoms with Gasteiger partial charge in [-0.05, 0) is 37.1 Å². The third kappa shape index (κ3) is 3.06. The van der Waals surface area contributed by atoms with Crippen molar-refractivity contribution in [2.75, 3.05) is 11.1 Å². The van der Waals surface area contributed by atoms with Gasteiger partial charge in [0, 0.05) is 5.69 Å². The van der Waals surface area contributed by atoms with E-state index in [1.165, 1.54) is 6.26 Å². The highest BCUT2D eigenvalue weighted by molar-refractivity contribution is 5.94. The Kier molecular flexibility index (Phi) is 4.16. The van der Waals surface area contributed by atoms with Crippen LogP contribution in [0.4, 0.5) is 11.4 Å². The maximum Gasteiger partial charge on any atom is 0.244 e. The first-order chi connectivity index (χ1) is 13.0. The number of imidazole rings is 1. The first-order valence-electron chi connectivity index (χ1n) is 8.68. The number of aromatic nitrogens is 2. The van der Waals surface area contributed by atoms with Gasteiger partial charge in [-0.25, -0.2) is 4.98 Å². The van der Waals surface area contributed by atoms with Gasteiger partial charge in [-0.15, -0.1) is 0 Å². The lowest BCUT2D eigenvalue weighted by atomic mass is 10.1. The Bertz CT molecular complexity index is 1120. The summed E-state index contributed by atoms with van der Waals surface area (Å²) >= 11 is 0. The van der Waals surface area contributed by atoms with E-state index in [1.54, 1.807) is 6.26 Å². The van der Waals surface area contributed by atoms with Crippen molar-refractivity contribution in [1.82, 2.24) is 9.55 Å². The molecule has 0 unspecified atom stereocenters. The van der Waals surface area contributed by atoms with Crippen LogP contribution in [0.3, 0.4) is 0 Å². The molecule has 6 heteroatoms. The van der Waals surface area contributed by atoms with E-state index < -0.39 is 0 Å². The second-order valence-electron chi connectivity index (χ2n) is 6.57. The molecule has 0 bridgehead atoms. The maximum absolute atomic E-state index is 12.8. The number of amides is 1. The van der Waals surface area contributed by atoms with Crippen LogP contribution in [0.5, 0.6) is 0 Å². The molecule has 0 aliphatic carbocycles. The van der Waals surface area contributed by atoms with E-state index in [0.717, 1.165) is 27.8 Å². The second kappa shape index (κ2) is 6.64. The zero-order valence-electron chi connectivity index (χ0n) is 15.2. The lowest BCUT2D eigenvalue weighted by Crippen LogP contribution is -2.20. The van der Waals surface area contributed by atoms with Crippen LogP contribution < -0.4 is 11.1 Å². The standard InChI is InChI=1S/C21H20N4O2/c1-13-6-5-7-14(2)20(13)24-19(26)10-25-18-9-4-3-8-17(18)23-21(25)15-11-27-12-16(15)22/h3-9,11-12H,10,22H2,1-2H3,(H,24,26). The average Bonchev–Trinajstić information content (AvgIpc) is 3.22. The Morgan fingerprint density at radius 2 is 1.85 bits per heavy atom. The highest BCUT2D eigenvalue weighted by Crippen LogP contribution is 2.30. The second-order valence-corrected chi connectivity index (χ2v) is 6.57. The van der Waals surface area contributed by atoms with E-state index >= 15 is 0 Å². The van der Waals surface area contributed by atoms with Gasteiger partial charge < -0.3 is 20.0 Å². The molecule has 136 valence electrons. The van der Waals surface area contributed by atoms with E-state index in [-0.39, 0.29) is 12.5 Å². The summed E-state index contributed by atoms with van der Waals surface area (Å²) in [5.74, 6) is 0.484. The molecule has 0 saturated carbocycles. The third-order valence-electron chi connectivity index (χ3n) is 4.63. The number of nitrogens with zero attached hydrogens (tertiary/aromatic N) is 2. The minimum Gasteiger partial charge on any atom is -0.470 e. The number of furan rings is 1. The predicted molar refractivity (Wildman–Crippen MR) is 106 cm³/mol. The van der Waals surface area contributed by atoms with Crippen molar-refractivity contribution in [3.05, 3.63) is 66.1 Å². The molecule has 4 rings (SSSR count). The summed E-state index contributed by atoms with van der Waals surface area (Å²) < 4.78 is 7.06. The number of rotatable bonds is 4. The molecule has 3 N–H and O–H groups in total. The number of nitrogen functional groups attached to an aromatic ring is 1. The van der Waals surface area contributed by atoms with Gasteiger partial charge in [0.2, 0.25) is 5.91 Å². The van der Waals surface area contributed by atoms with E-state index in [4.69, 9.17) is 10.2 Å². The summed E-state index contributed by atoms with van der Waals surface area (Å²) in [5, 5.41) is 3.03. The molecule has 0 aliphatic heterocycles. The highest BCUT2D eigenvalue weighted by Gasteiger charge is 2.18. The quantitative estimate of drug-likeness (QED) is 0.573. The molecule has 0 radical (unpaired) electrons. The Labute approximate surface area is 156 Å². The minimum absolute atomic E-state index is 0.119. The zero-order chi connectivity index (χ0) is 19.0. The van der Waals surface area contributed by atoms with Crippen molar-refractivity contribution >= 4 is 28.3 Å². The third-order valence-corrected chi connectivity index (χ3v) is 4.63. The summed E-state index contributed by atoms with van der Waals surface area (Å²) in [7, 11) is 0. The molecule has 6 nitrogen and oxygen atoms in total. The first-order valence-corrected chi connectivity index (χ1v) is 8.68. The summed E-state index contributed by atoms with van der Waals surface area (Å²) in [6, 6.07) is 13.6. The lowest BCUT2D eigenvalue weighted by molar-refractivity contribution is -0.116. The van der Waals surface area contributed by atoms with Gasteiger partial charge in [-0.3, -0.25) is 4.79 Å². The fraction of sp³-hybridized carbons (Fsp3) is 0.143. The summed E-state index contributed by atoms with van der Waals surface area (Å²) in [6.45, 7) is 4.08. The molecule has 0 fully saturated rings. The van der Waals surface area contributed by atoms with Crippen LogP contribution in [0.15, 0.2) is 59.4 Å². The Morgan fingerprint density at radius 1 is 1.11 bits per heavy atom. The molecule has 0 aliphatic rings. The van der Waals surface area contributed by atoms with E-state index in [1.807, 2.05) is 60.9 Å².